The zero-order chi connectivity index (χ0) is 72.2. The first-order valence-electron chi connectivity index (χ1n) is 31.1. The second kappa shape index (κ2) is 35.1. The van der Waals surface area contributed by atoms with Gasteiger partial charge in [-0.1, -0.05) is 0 Å². The fourth-order valence-corrected chi connectivity index (χ4v) is 12.5. The van der Waals surface area contributed by atoms with E-state index in [4.69, 9.17) is 71.1 Å². The highest BCUT2D eigenvalue weighted by molar-refractivity contribution is 5.74. The van der Waals surface area contributed by atoms with E-state index >= 15 is 0 Å². The molecule has 44 heteroatoms. The largest absolute Gasteiger partial charge is 0.394 e. The SMILES string of the molecule is CC(=O)N[C@H]1[C@H](O[C@H]2[C@H](O)[C@@H](NC(C)=O)C(O)O[C@@H]2CO)O[C@H](CO)[C@@H](O[C@@H]2O[C@H](CO)[C@@H](O)[C@H](O[C@H]3O[C@H](CO[C@H]4O[C@H](CO)[C@@H](O)[C@H](O[C@H]5O[C@H](CO[C@H]6O[C@H](CO)[C@@H](O)[C@H](O)[C@@H]6O[C@@H]6O[C@H](CO)[C@@H](O)[C@H](O)[C@H]6NC(C)=O)[C@@H](O)[C@H](O)[C@@H]5O)[C@@H]4O)[C@@H](O)[C@H](O)[C@@H]3O)[C@@H]2O)[C@@H]1O. The molecule has 0 aliphatic carbocycles. The molecule has 0 radical (unpaired) electrons. The van der Waals surface area contributed by atoms with E-state index in [9.17, 15) is 132 Å². The molecule has 0 aromatic carbocycles. The number of hydrogen-bond donors (Lipinski definition) is 26. The molecule has 8 saturated heterocycles. The van der Waals surface area contributed by atoms with Crippen molar-refractivity contribution < 1.29 is 203 Å². The summed E-state index contributed by atoms with van der Waals surface area (Å²) in [6, 6.07) is -4.89. The number of aliphatic hydroxyl groups is 23. The van der Waals surface area contributed by atoms with Crippen molar-refractivity contribution in [2.75, 3.05) is 52.9 Å². The van der Waals surface area contributed by atoms with Crippen LogP contribution in [0.3, 0.4) is 0 Å². The van der Waals surface area contributed by atoms with Gasteiger partial charge in [0.05, 0.1) is 52.9 Å². The van der Waals surface area contributed by atoms with Crippen molar-refractivity contribution in [3.8, 4) is 0 Å². The summed E-state index contributed by atoms with van der Waals surface area (Å²) in [5.41, 5.74) is 0. The molecular weight excluding hydrogens is 1350 g/mol. The van der Waals surface area contributed by atoms with Crippen LogP contribution in [0, 0.1) is 0 Å². The van der Waals surface area contributed by atoms with Crippen LogP contribution < -0.4 is 16.0 Å². The fraction of sp³-hybridized carbons (Fsp3) is 0.944. The summed E-state index contributed by atoms with van der Waals surface area (Å²) in [5, 5.41) is 258. The van der Waals surface area contributed by atoms with Crippen molar-refractivity contribution >= 4 is 17.7 Å². The van der Waals surface area contributed by atoms with Crippen molar-refractivity contribution in [3.63, 3.8) is 0 Å². The molecule has 8 rings (SSSR count). The maximum Gasteiger partial charge on any atom is 0.217 e. The van der Waals surface area contributed by atoms with Crippen molar-refractivity contribution in [3.05, 3.63) is 0 Å². The predicted octanol–water partition coefficient (Wildman–Crippen LogP) is -18.0. The van der Waals surface area contributed by atoms with Crippen LogP contribution in [-0.4, -0.2) is 433 Å². The van der Waals surface area contributed by atoms with E-state index in [1.165, 1.54) is 0 Å². The Hall–Kier alpha value is -3.11. The number of carbonyl (C=O) groups is 3. The lowest BCUT2D eigenvalue weighted by Gasteiger charge is -2.50. The molecule has 568 valence electrons. The standard InChI is InChI=1S/C54H91N3O41/c1-12(64)55-23-33(74)42(19(8-62)86-47(23)83)94-49-25(57-14(3)66)34(75)43(20(9-63)91-49)95-53-41(82)45(31(72)18(7-61)89-53)97-52-39(80)35(76)28(69)21(92-52)10-84-50-40(81)44(30(71)17(6-60)88-50)96-51-38(79)36(77)29(70)22(93-51)11-85-54-46(37(78)27(68)16(5-59)90-54)98-48-24(56-13(2)65)32(73)26(67)15(4-58)87-48/h15-54,58-63,67-83H,4-11H2,1-3H3,(H,55,64)(H,56,65)(H,57,66)/t15-,16-,17-,18-,19-,20-,21-,22-,23-,24-,25-,26-,27-,28-,29-,30-,31-,32-,33-,34-,35+,36+,37+,38+,39+,40+,41+,42-,43-,44+,45+,46+,47?,48+,49+,50+,51-,52-,53+,54+/m1/s1. The highest BCUT2D eigenvalue weighted by Crippen LogP contribution is 2.38. The molecule has 44 nitrogen and oxygen atoms in total. The molecule has 8 aliphatic heterocycles. The summed E-state index contributed by atoms with van der Waals surface area (Å²) in [6.07, 6.45) is -72.8. The second-order valence-electron chi connectivity index (χ2n) is 24.7. The van der Waals surface area contributed by atoms with Gasteiger partial charge in [0.1, 0.15) is 195 Å². The monoisotopic (exact) mass is 1440 g/mol. The lowest BCUT2D eigenvalue weighted by atomic mass is 9.94. The Morgan fingerprint density at radius 1 is 0.265 bits per heavy atom. The summed E-state index contributed by atoms with van der Waals surface area (Å²) in [5.74, 6) is -2.33. The summed E-state index contributed by atoms with van der Waals surface area (Å²) in [7, 11) is 0. The smallest absolute Gasteiger partial charge is 0.217 e. The third kappa shape index (κ3) is 17.6. The second-order valence-corrected chi connectivity index (χ2v) is 24.7. The quantitative estimate of drug-likeness (QED) is 0.0404. The lowest BCUT2D eigenvalue weighted by molar-refractivity contribution is -0.384. The highest BCUT2D eigenvalue weighted by Gasteiger charge is 2.59. The molecule has 98 heavy (non-hydrogen) atoms. The Labute approximate surface area is 554 Å². The number of nitrogens with one attached hydrogen (secondary N) is 3. The molecule has 0 spiro atoms. The molecule has 8 aliphatic rings. The molecule has 1 unspecified atom stereocenters. The van der Waals surface area contributed by atoms with E-state index in [0.29, 0.717) is 0 Å². The highest BCUT2D eigenvalue weighted by atomic mass is 16.8. The van der Waals surface area contributed by atoms with E-state index in [-0.39, 0.29) is 0 Å². The van der Waals surface area contributed by atoms with E-state index in [2.05, 4.69) is 16.0 Å². The third-order valence-electron chi connectivity index (χ3n) is 17.8. The van der Waals surface area contributed by atoms with Gasteiger partial charge in [0, 0.05) is 20.8 Å². The Bertz CT molecular complexity index is 2510. The first-order valence-corrected chi connectivity index (χ1v) is 31.1. The van der Waals surface area contributed by atoms with Crippen molar-refractivity contribution in [1.29, 1.82) is 0 Å². The van der Waals surface area contributed by atoms with Gasteiger partial charge in [-0.25, -0.2) is 0 Å². The fourth-order valence-electron chi connectivity index (χ4n) is 12.5. The van der Waals surface area contributed by atoms with Gasteiger partial charge in [0.2, 0.25) is 17.7 Å². The van der Waals surface area contributed by atoms with Crippen LogP contribution in [0.15, 0.2) is 0 Å². The van der Waals surface area contributed by atoms with Gasteiger partial charge in [-0.2, -0.15) is 0 Å². The maximum absolute atomic E-state index is 12.6. The maximum atomic E-state index is 12.6. The summed E-state index contributed by atoms with van der Waals surface area (Å²) in [4.78, 5) is 36.6. The minimum atomic E-state index is -2.28. The van der Waals surface area contributed by atoms with Crippen molar-refractivity contribution in [2.24, 2.45) is 0 Å². The number of amides is 3. The molecule has 40 atom stereocenters. The average Bonchev–Trinajstić information content (AvgIpc) is 0.783. The first kappa shape index (κ1) is 80.6. The Morgan fingerprint density at radius 2 is 0.561 bits per heavy atom. The topological polar surface area (TPSA) is 691 Å². The van der Waals surface area contributed by atoms with Gasteiger partial charge in [-0.15, -0.1) is 0 Å². The normalized spacial score (nSPS) is 49.5. The minimum absolute atomic E-state index is 0.726. The lowest BCUT2D eigenvalue weighted by Crippen LogP contribution is -2.70. The van der Waals surface area contributed by atoms with Crippen LogP contribution >= 0.6 is 0 Å². The van der Waals surface area contributed by atoms with Crippen LogP contribution in [0.5, 0.6) is 0 Å². The predicted molar refractivity (Wildman–Crippen MR) is 299 cm³/mol. The summed E-state index contributed by atoms with van der Waals surface area (Å²) < 4.78 is 85.9. The molecular formula is C54H91N3O41. The van der Waals surface area contributed by atoms with E-state index < -0.39 is 316 Å². The van der Waals surface area contributed by atoms with E-state index in [1.54, 1.807) is 0 Å². The number of rotatable bonds is 25. The van der Waals surface area contributed by atoms with Gasteiger partial charge in [-0.3, -0.25) is 14.4 Å². The van der Waals surface area contributed by atoms with Gasteiger partial charge in [-0.05, 0) is 0 Å². The van der Waals surface area contributed by atoms with Crippen molar-refractivity contribution in [1.82, 2.24) is 16.0 Å². The molecule has 3 amide bonds. The Morgan fingerprint density at radius 3 is 1.02 bits per heavy atom. The zero-order valence-corrected chi connectivity index (χ0v) is 52.4. The van der Waals surface area contributed by atoms with Gasteiger partial charge < -0.3 is 204 Å². The molecule has 0 aromatic rings. The van der Waals surface area contributed by atoms with Crippen molar-refractivity contribution in [2.45, 2.75) is 266 Å². The van der Waals surface area contributed by atoms with Crippen LogP contribution in [0.2, 0.25) is 0 Å². The van der Waals surface area contributed by atoms with E-state index in [0.717, 1.165) is 20.8 Å². The molecule has 26 N–H and O–H groups in total. The van der Waals surface area contributed by atoms with Gasteiger partial charge in [0.25, 0.3) is 0 Å². The molecule has 0 aromatic heterocycles. The summed E-state index contributed by atoms with van der Waals surface area (Å²) in [6.45, 7) is -4.78. The average molecular weight is 1440 g/mol. The molecule has 8 fully saturated rings. The molecule has 8 heterocycles. The zero-order valence-electron chi connectivity index (χ0n) is 52.4. The van der Waals surface area contributed by atoms with Gasteiger partial charge >= 0.3 is 0 Å². The number of ether oxygens (including phenoxy) is 15. The third-order valence-corrected chi connectivity index (χ3v) is 17.8. The van der Waals surface area contributed by atoms with Crippen LogP contribution in [-0.2, 0) is 85.4 Å². The van der Waals surface area contributed by atoms with E-state index in [1.807, 2.05) is 0 Å². The number of carbonyl (C=O) groups excluding carboxylic acids is 3. The Balaban J connectivity index is 0.926. The van der Waals surface area contributed by atoms with Gasteiger partial charge in [0.15, 0.2) is 50.3 Å². The van der Waals surface area contributed by atoms with Crippen LogP contribution in [0.4, 0.5) is 0 Å². The van der Waals surface area contributed by atoms with Crippen LogP contribution in [0.25, 0.3) is 0 Å². The number of hydrogen-bond acceptors (Lipinski definition) is 41. The minimum Gasteiger partial charge on any atom is -0.394 e. The summed E-state index contributed by atoms with van der Waals surface area (Å²) >= 11 is 0. The Kier molecular flexibility index (Phi) is 28.9. The first-order chi connectivity index (χ1) is 46.3. The number of aliphatic hydroxyl groups excluding tert-OH is 23. The molecule has 0 bridgehead atoms. The van der Waals surface area contributed by atoms with Crippen LogP contribution in [0.1, 0.15) is 20.8 Å². The molecule has 0 saturated carbocycles.